The van der Waals surface area contributed by atoms with E-state index in [0.717, 1.165) is 6.42 Å². The summed E-state index contributed by atoms with van der Waals surface area (Å²) >= 11 is 0. The minimum Gasteiger partial charge on any atom is -0.478 e. The van der Waals surface area contributed by atoms with E-state index in [1.165, 1.54) is 0 Å². The van der Waals surface area contributed by atoms with Gasteiger partial charge in [0.1, 0.15) is 0 Å². The Morgan fingerprint density at radius 3 is 2.00 bits per heavy atom. The highest BCUT2D eigenvalue weighted by atomic mass is 16.4. The van der Waals surface area contributed by atoms with E-state index in [0.29, 0.717) is 6.42 Å². The molecule has 0 aliphatic rings. The van der Waals surface area contributed by atoms with E-state index < -0.39 is 18.0 Å². The number of hydrogen-bond acceptors (Lipinski definition) is 3. The zero-order valence-corrected chi connectivity index (χ0v) is 9.56. The zero-order valence-electron chi connectivity index (χ0n) is 9.56. The lowest BCUT2D eigenvalue weighted by atomic mass is 9.97. The van der Waals surface area contributed by atoms with E-state index in [9.17, 15) is 14.7 Å². The zero-order chi connectivity index (χ0) is 12.7. The quantitative estimate of drug-likeness (QED) is 0.575. The molecule has 1 atom stereocenters. The maximum atomic E-state index is 10.9. The number of aliphatic hydroxyl groups is 1. The third kappa shape index (κ3) is 4.02. The molecule has 1 unspecified atom stereocenters. The Kier molecular flexibility index (Phi) is 6.41. The summed E-state index contributed by atoms with van der Waals surface area (Å²) in [6.45, 7) is 3.49. The first kappa shape index (κ1) is 14.6. The van der Waals surface area contributed by atoms with Gasteiger partial charge in [-0.2, -0.15) is 0 Å². The minimum atomic E-state index is -1.36. The summed E-state index contributed by atoms with van der Waals surface area (Å²) in [5, 5.41) is 27.3. The van der Waals surface area contributed by atoms with Gasteiger partial charge in [0, 0.05) is 0 Å². The molecule has 0 saturated heterocycles. The van der Waals surface area contributed by atoms with Crippen molar-refractivity contribution in [2.75, 3.05) is 0 Å². The molecule has 0 fully saturated rings. The van der Waals surface area contributed by atoms with Crippen LogP contribution in [0.4, 0.5) is 0 Å². The molecule has 0 aliphatic carbocycles. The van der Waals surface area contributed by atoms with Gasteiger partial charge < -0.3 is 15.3 Å². The van der Waals surface area contributed by atoms with Crippen molar-refractivity contribution in [2.24, 2.45) is 0 Å². The van der Waals surface area contributed by atoms with Crippen LogP contribution in [0.5, 0.6) is 0 Å². The third-order valence-corrected chi connectivity index (χ3v) is 2.31. The average molecular weight is 230 g/mol. The van der Waals surface area contributed by atoms with E-state index in [4.69, 9.17) is 10.2 Å². The van der Waals surface area contributed by atoms with Gasteiger partial charge in [-0.25, -0.2) is 9.59 Å². The molecule has 0 rings (SSSR count). The molecular weight excluding hydrogens is 212 g/mol. The van der Waals surface area contributed by atoms with Crippen molar-refractivity contribution in [3.8, 4) is 0 Å². The third-order valence-electron chi connectivity index (χ3n) is 2.31. The van der Waals surface area contributed by atoms with E-state index in [1.54, 1.807) is 6.92 Å². The highest BCUT2D eigenvalue weighted by molar-refractivity contribution is 5.99. The molecule has 0 radical (unpaired) electrons. The van der Waals surface area contributed by atoms with Gasteiger partial charge in [-0.3, -0.25) is 0 Å². The van der Waals surface area contributed by atoms with Crippen molar-refractivity contribution in [2.45, 2.75) is 45.6 Å². The van der Waals surface area contributed by atoms with Crippen LogP contribution in [0.3, 0.4) is 0 Å². The van der Waals surface area contributed by atoms with Crippen LogP contribution >= 0.6 is 0 Å². The van der Waals surface area contributed by atoms with Crippen LogP contribution in [0, 0.1) is 0 Å². The van der Waals surface area contributed by atoms with Crippen LogP contribution in [0.15, 0.2) is 11.1 Å². The van der Waals surface area contributed by atoms with Crippen molar-refractivity contribution in [3.63, 3.8) is 0 Å². The van der Waals surface area contributed by atoms with E-state index in [2.05, 4.69) is 0 Å². The van der Waals surface area contributed by atoms with Gasteiger partial charge in [-0.15, -0.1) is 0 Å². The summed E-state index contributed by atoms with van der Waals surface area (Å²) in [7, 11) is 0. The second kappa shape index (κ2) is 7.00. The minimum absolute atomic E-state index is 0.171. The second-order valence-corrected chi connectivity index (χ2v) is 3.53. The van der Waals surface area contributed by atoms with Crippen LogP contribution in [0.2, 0.25) is 0 Å². The van der Waals surface area contributed by atoms with E-state index in [1.807, 2.05) is 6.92 Å². The van der Waals surface area contributed by atoms with Crippen molar-refractivity contribution in [3.05, 3.63) is 11.1 Å². The number of hydrogen-bond donors (Lipinski definition) is 3. The van der Waals surface area contributed by atoms with Crippen molar-refractivity contribution >= 4 is 11.9 Å². The Balaban J connectivity index is 5.26. The Morgan fingerprint density at radius 1 is 1.12 bits per heavy atom. The van der Waals surface area contributed by atoms with Crippen molar-refractivity contribution in [1.29, 1.82) is 0 Å². The molecule has 0 saturated carbocycles. The monoisotopic (exact) mass is 230 g/mol. The molecule has 0 bridgehead atoms. The molecule has 3 N–H and O–H groups in total. The highest BCUT2D eigenvalue weighted by Crippen LogP contribution is 2.18. The molecule has 0 heterocycles. The lowest BCUT2D eigenvalue weighted by Gasteiger charge is -2.13. The maximum absolute atomic E-state index is 10.9. The van der Waals surface area contributed by atoms with Crippen LogP contribution in [-0.4, -0.2) is 33.4 Å². The number of carboxylic acids is 2. The lowest BCUT2D eigenvalue weighted by Crippen LogP contribution is -2.22. The number of carbonyl (C=O) groups is 2. The van der Waals surface area contributed by atoms with Crippen molar-refractivity contribution in [1.82, 2.24) is 0 Å². The fourth-order valence-corrected chi connectivity index (χ4v) is 1.39. The number of carboxylic acid groups (broad SMARTS) is 2. The fraction of sp³-hybridized carbons (Fsp3) is 0.636. The maximum Gasteiger partial charge on any atom is 0.334 e. The van der Waals surface area contributed by atoms with Crippen LogP contribution in [-0.2, 0) is 9.59 Å². The topological polar surface area (TPSA) is 94.8 Å². The summed E-state index contributed by atoms with van der Waals surface area (Å²) in [4.78, 5) is 21.9. The van der Waals surface area contributed by atoms with Gasteiger partial charge in [0.2, 0.25) is 0 Å². The lowest BCUT2D eigenvalue weighted by molar-refractivity contribution is -0.137. The van der Waals surface area contributed by atoms with Crippen LogP contribution < -0.4 is 0 Å². The molecule has 92 valence electrons. The standard InChI is InChI=1S/C11H18O5/c1-3-5-6-7(10(13)14)9(11(15)16)8(12)4-2/h8,12H,3-6H2,1-2H3,(H,13,14)(H,15,16)/b9-7+. The van der Waals surface area contributed by atoms with E-state index >= 15 is 0 Å². The average Bonchev–Trinajstić information content (AvgIpc) is 2.22. The Labute approximate surface area is 94.4 Å². The van der Waals surface area contributed by atoms with Crippen molar-refractivity contribution < 1.29 is 24.9 Å². The van der Waals surface area contributed by atoms with Crippen LogP contribution in [0.1, 0.15) is 39.5 Å². The first-order valence-corrected chi connectivity index (χ1v) is 5.33. The SMILES string of the molecule is CCCC/C(C(=O)O)=C(\C(=O)O)C(O)CC. The molecule has 16 heavy (non-hydrogen) atoms. The Bertz CT molecular complexity index is 293. The highest BCUT2D eigenvalue weighted by Gasteiger charge is 2.24. The second-order valence-electron chi connectivity index (χ2n) is 3.53. The summed E-state index contributed by atoms with van der Waals surface area (Å²) < 4.78 is 0. The molecule has 5 heteroatoms. The molecule has 0 aromatic heterocycles. The van der Waals surface area contributed by atoms with Gasteiger partial charge in [-0.05, 0) is 19.3 Å². The van der Waals surface area contributed by atoms with Gasteiger partial charge >= 0.3 is 11.9 Å². The molecule has 0 aliphatic heterocycles. The number of aliphatic hydroxyl groups excluding tert-OH is 1. The Morgan fingerprint density at radius 2 is 1.69 bits per heavy atom. The number of unbranched alkanes of at least 4 members (excludes halogenated alkanes) is 1. The normalized spacial score (nSPS) is 14.2. The molecule has 0 aromatic carbocycles. The summed E-state index contributed by atoms with van der Waals surface area (Å²) in [6, 6.07) is 0. The predicted molar refractivity (Wildman–Crippen MR) is 58.1 cm³/mol. The fourth-order valence-electron chi connectivity index (χ4n) is 1.39. The first-order chi connectivity index (χ1) is 7.45. The van der Waals surface area contributed by atoms with Gasteiger partial charge in [-0.1, -0.05) is 20.3 Å². The Hall–Kier alpha value is -1.36. The van der Waals surface area contributed by atoms with Gasteiger partial charge in [0.05, 0.1) is 17.3 Å². The summed E-state index contributed by atoms with van der Waals surface area (Å²) in [5.74, 6) is -2.62. The predicted octanol–water partition coefficient (Wildman–Crippen LogP) is 1.41. The summed E-state index contributed by atoms with van der Waals surface area (Å²) in [6.07, 6.45) is 0.496. The van der Waals surface area contributed by atoms with Gasteiger partial charge in [0.25, 0.3) is 0 Å². The molecular formula is C11H18O5. The molecule has 0 aromatic rings. The van der Waals surface area contributed by atoms with Crippen LogP contribution in [0.25, 0.3) is 0 Å². The first-order valence-electron chi connectivity index (χ1n) is 5.33. The van der Waals surface area contributed by atoms with E-state index in [-0.39, 0.29) is 24.0 Å². The molecule has 5 nitrogen and oxygen atoms in total. The smallest absolute Gasteiger partial charge is 0.334 e. The largest absolute Gasteiger partial charge is 0.478 e. The summed E-state index contributed by atoms with van der Waals surface area (Å²) in [5.41, 5.74) is -0.577. The number of aliphatic carboxylic acids is 2. The molecule has 0 spiro atoms. The van der Waals surface area contributed by atoms with Gasteiger partial charge in [0.15, 0.2) is 0 Å². The molecule has 0 amide bonds. The number of rotatable bonds is 7.